The highest BCUT2D eigenvalue weighted by atomic mass is 13.9. The predicted octanol–water partition coefficient (Wildman–Crippen LogP) is 6.94. The second-order valence-electron chi connectivity index (χ2n) is 4.70. The first kappa shape index (κ1) is 22.4. The van der Waals surface area contributed by atoms with Crippen LogP contribution in [0.1, 0.15) is 75.2 Å². The van der Waals surface area contributed by atoms with E-state index in [1.807, 2.05) is 19.9 Å². The Hall–Kier alpha value is -0.780. The van der Waals surface area contributed by atoms with Crippen molar-refractivity contribution in [2.45, 2.75) is 75.2 Å². The largest absolute Gasteiger partial charge is 0.0988 e. The van der Waals surface area contributed by atoms with Crippen LogP contribution in [0.15, 0.2) is 35.5 Å². The molecule has 0 radical (unpaired) electrons. The third-order valence-corrected chi connectivity index (χ3v) is 2.95. The molecular formula is C18H36. The van der Waals surface area contributed by atoms with Gasteiger partial charge in [0.15, 0.2) is 0 Å². The quantitative estimate of drug-likeness (QED) is 0.475. The van der Waals surface area contributed by atoms with Gasteiger partial charge in [-0.3, -0.25) is 0 Å². The minimum atomic E-state index is 0.935. The van der Waals surface area contributed by atoms with Crippen molar-refractivity contribution in [3.8, 4) is 0 Å². The molecule has 0 atom stereocenters. The lowest BCUT2D eigenvalue weighted by atomic mass is 10.1. The number of allylic oxidation sites excluding steroid dienone is 5. The van der Waals surface area contributed by atoms with E-state index >= 15 is 0 Å². The molecule has 0 unspecified atom stereocenters. The van der Waals surface area contributed by atoms with Gasteiger partial charge in [-0.2, -0.15) is 0 Å². The average molecular weight is 252 g/mol. The third-order valence-electron chi connectivity index (χ3n) is 2.95. The Balaban J connectivity index is -0.000000241. The molecule has 0 aliphatic rings. The molecule has 0 spiro atoms. The zero-order valence-electron chi connectivity index (χ0n) is 14.4. The molecule has 0 aromatic carbocycles. The van der Waals surface area contributed by atoms with Gasteiger partial charge in [-0.05, 0) is 33.6 Å². The van der Waals surface area contributed by atoms with E-state index in [9.17, 15) is 0 Å². The normalized spacial score (nSPS) is 9.78. The molecule has 0 rings (SSSR count). The fraction of sp³-hybridized carbons (Fsp3) is 0.667. The molecule has 0 heteroatoms. The standard InChI is InChI=1S/C10H16.C6H14.C2H6/c1-6-9(4)7-10(5)8(2)3;1-4-6(3)5-2;1-2/h6-7H,1H2,2-5H3;6H,4-5H2,1-3H3;1-2H3/b9-7-;;. The minimum Gasteiger partial charge on any atom is -0.0988 e. The lowest BCUT2D eigenvalue weighted by Crippen LogP contribution is -1.85. The van der Waals surface area contributed by atoms with Crippen LogP contribution in [-0.2, 0) is 0 Å². The molecule has 0 saturated heterocycles. The van der Waals surface area contributed by atoms with Crippen molar-refractivity contribution >= 4 is 0 Å². The van der Waals surface area contributed by atoms with Gasteiger partial charge in [0.05, 0.1) is 0 Å². The molecule has 108 valence electrons. The van der Waals surface area contributed by atoms with Gasteiger partial charge in [0.2, 0.25) is 0 Å². The van der Waals surface area contributed by atoms with Crippen LogP contribution in [0, 0.1) is 5.92 Å². The molecular weight excluding hydrogens is 216 g/mol. The van der Waals surface area contributed by atoms with E-state index in [0.717, 1.165) is 5.92 Å². The molecule has 0 nitrogen and oxygen atoms in total. The number of hydrogen-bond acceptors (Lipinski definition) is 0. The highest BCUT2D eigenvalue weighted by Gasteiger charge is 1.88. The maximum absolute atomic E-state index is 3.68. The van der Waals surface area contributed by atoms with Crippen molar-refractivity contribution in [2.75, 3.05) is 0 Å². The Morgan fingerprint density at radius 3 is 1.56 bits per heavy atom. The summed E-state index contributed by atoms with van der Waals surface area (Å²) in [5.41, 5.74) is 3.91. The van der Waals surface area contributed by atoms with Crippen LogP contribution in [0.3, 0.4) is 0 Å². The Bertz CT molecular complexity index is 233. The van der Waals surface area contributed by atoms with Crippen molar-refractivity contribution in [1.82, 2.24) is 0 Å². The fourth-order valence-corrected chi connectivity index (χ4v) is 0.833. The van der Waals surface area contributed by atoms with Crippen molar-refractivity contribution in [3.63, 3.8) is 0 Å². The summed E-state index contributed by atoms with van der Waals surface area (Å²) in [5.74, 6) is 0.935. The van der Waals surface area contributed by atoms with E-state index < -0.39 is 0 Å². The lowest BCUT2D eigenvalue weighted by molar-refractivity contribution is 0.544. The first-order valence-electron chi connectivity index (χ1n) is 7.33. The molecule has 18 heavy (non-hydrogen) atoms. The molecule has 0 aromatic rings. The average Bonchev–Trinajstić information content (AvgIpc) is 2.40. The van der Waals surface area contributed by atoms with Gasteiger partial charge in [-0.15, -0.1) is 0 Å². The smallest absolute Gasteiger partial charge is 0.0398 e. The minimum absolute atomic E-state index is 0.935. The molecule has 0 aliphatic heterocycles. The molecule has 0 saturated carbocycles. The summed E-state index contributed by atoms with van der Waals surface area (Å²) in [5, 5.41) is 0. The Morgan fingerprint density at radius 2 is 1.39 bits per heavy atom. The molecule has 0 N–H and O–H groups in total. The van der Waals surface area contributed by atoms with E-state index in [4.69, 9.17) is 0 Å². The highest BCUT2D eigenvalue weighted by Crippen LogP contribution is 2.06. The lowest BCUT2D eigenvalue weighted by Gasteiger charge is -1.98. The molecule has 0 heterocycles. The molecule has 0 bridgehead atoms. The van der Waals surface area contributed by atoms with Crippen LogP contribution < -0.4 is 0 Å². The summed E-state index contributed by atoms with van der Waals surface area (Å²) in [6.45, 7) is 22.8. The second kappa shape index (κ2) is 16.2. The summed E-state index contributed by atoms with van der Waals surface area (Å²) in [6.07, 6.45) is 6.67. The maximum Gasteiger partial charge on any atom is -0.0398 e. The van der Waals surface area contributed by atoms with Crippen LogP contribution >= 0.6 is 0 Å². The Morgan fingerprint density at radius 1 is 1.00 bits per heavy atom. The molecule has 0 amide bonds. The molecule has 0 aromatic heterocycles. The summed E-state index contributed by atoms with van der Waals surface area (Å²) < 4.78 is 0. The van der Waals surface area contributed by atoms with E-state index in [1.165, 1.54) is 29.6 Å². The molecule has 0 fully saturated rings. The highest BCUT2D eigenvalue weighted by molar-refractivity contribution is 5.28. The van der Waals surface area contributed by atoms with Crippen LogP contribution in [0.5, 0.6) is 0 Å². The van der Waals surface area contributed by atoms with Gasteiger partial charge in [0.1, 0.15) is 0 Å². The van der Waals surface area contributed by atoms with Gasteiger partial charge in [-0.1, -0.05) is 82.9 Å². The van der Waals surface area contributed by atoms with Crippen molar-refractivity contribution in [3.05, 3.63) is 35.5 Å². The Labute approximate surface area is 117 Å². The summed E-state index contributed by atoms with van der Waals surface area (Å²) in [6, 6.07) is 0. The van der Waals surface area contributed by atoms with Gasteiger partial charge in [0.25, 0.3) is 0 Å². The van der Waals surface area contributed by atoms with Crippen molar-refractivity contribution < 1.29 is 0 Å². The van der Waals surface area contributed by atoms with Gasteiger partial charge < -0.3 is 0 Å². The number of rotatable bonds is 4. The van der Waals surface area contributed by atoms with Crippen molar-refractivity contribution in [2.24, 2.45) is 5.92 Å². The van der Waals surface area contributed by atoms with Gasteiger partial charge in [0, 0.05) is 0 Å². The van der Waals surface area contributed by atoms with Crippen LogP contribution in [0.4, 0.5) is 0 Å². The van der Waals surface area contributed by atoms with Crippen LogP contribution in [0.2, 0.25) is 0 Å². The second-order valence-corrected chi connectivity index (χ2v) is 4.70. The zero-order valence-corrected chi connectivity index (χ0v) is 14.4. The monoisotopic (exact) mass is 252 g/mol. The van der Waals surface area contributed by atoms with Crippen LogP contribution in [-0.4, -0.2) is 0 Å². The summed E-state index contributed by atoms with van der Waals surface area (Å²) in [7, 11) is 0. The number of hydrogen-bond donors (Lipinski definition) is 0. The van der Waals surface area contributed by atoms with E-state index in [2.05, 4.69) is 61.1 Å². The fourth-order valence-electron chi connectivity index (χ4n) is 0.833. The predicted molar refractivity (Wildman–Crippen MR) is 89.1 cm³/mol. The van der Waals surface area contributed by atoms with E-state index in [1.54, 1.807) is 0 Å². The summed E-state index contributed by atoms with van der Waals surface area (Å²) >= 11 is 0. The Kier molecular flexibility index (Phi) is 20.2. The SMILES string of the molecule is C=C/C(C)=C\C(C)=C(C)C.CC.CCC(C)CC. The zero-order chi connectivity index (χ0) is 15.1. The topological polar surface area (TPSA) is 0 Å². The first-order valence-corrected chi connectivity index (χ1v) is 7.33. The summed E-state index contributed by atoms with van der Waals surface area (Å²) in [4.78, 5) is 0. The maximum atomic E-state index is 3.68. The van der Waals surface area contributed by atoms with Gasteiger partial charge in [-0.25, -0.2) is 0 Å². The van der Waals surface area contributed by atoms with E-state index in [0.29, 0.717) is 0 Å². The van der Waals surface area contributed by atoms with Gasteiger partial charge >= 0.3 is 0 Å². The first-order chi connectivity index (χ1) is 8.38. The molecule has 0 aliphatic carbocycles. The van der Waals surface area contributed by atoms with Crippen LogP contribution in [0.25, 0.3) is 0 Å². The van der Waals surface area contributed by atoms with E-state index in [-0.39, 0.29) is 0 Å². The third kappa shape index (κ3) is 17.6. The van der Waals surface area contributed by atoms with Crippen molar-refractivity contribution in [1.29, 1.82) is 0 Å².